The van der Waals surface area contributed by atoms with E-state index in [0.717, 1.165) is 13.1 Å². The molecule has 0 spiro atoms. The van der Waals surface area contributed by atoms with Crippen LogP contribution < -0.4 is 5.32 Å². The average Bonchev–Trinajstić information content (AvgIpc) is 2.07. The molecule has 1 heterocycles. The zero-order valence-corrected chi connectivity index (χ0v) is 8.90. The summed E-state index contributed by atoms with van der Waals surface area (Å²) < 4.78 is 0. The van der Waals surface area contributed by atoms with Gasteiger partial charge in [0, 0.05) is 25.5 Å². The van der Waals surface area contributed by atoms with Crippen molar-refractivity contribution in [1.29, 1.82) is 0 Å². The van der Waals surface area contributed by atoms with Crippen LogP contribution in [-0.4, -0.2) is 11.5 Å². The Kier molecular flexibility index (Phi) is 10.9. The maximum Gasteiger partial charge on any atom is 0.0312 e. The molecule has 0 saturated carbocycles. The van der Waals surface area contributed by atoms with E-state index >= 15 is 0 Å². The number of hydrogen-bond acceptors (Lipinski definition) is 2. The molecule has 0 atom stereocenters. The molecule has 0 saturated heterocycles. The molecular formula is C9H14Cl2N2. The molecule has 1 N–H and O–H groups in total. The molecular weight excluding hydrogens is 207 g/mol. The van der Waals surface area contributed by atoms with Crippen molar-refractivity contribution >= 4 is 24.8 Å². The molecule has 2 nitrogen and oxygen atoms in total. The fourth-order valence-electron chi connectivity index (χ4n) is 0.821. The van der Waals surface area contributed by atoms with Gasteiger partial charge in [0.2, 0.25) is 0 Å². The SMILES string of the molecule is C=CCNCc1cccnc1.Cl.Cl. The van der Waals surface area contributed by atoms with E-state index < -0.39 is 0 Å². The van der Waals surface area contributed by atoms with Crippen molar-refractivity contribution in [2.24, 2.45) is 0 Å². The highest BCUT2D eigenvalue weighted by atomic mass is 35.5. The van der Waals surface area contributed by atoms with E-state index in [0.29, 0.717) is 0 Å². The first-order valence-corrected chi connectivity index (χ1v) is 3.64. The Morgan fingerprint density at radius 1 is 1.46 bits per heavy atom. The molecule has 0 radical (unpaired) electrons. The molecule has 0 fully saturated rings. The van der Waals surface area contributed by atoms with Crippen molar-refractivity contribution in [2.45, 2.75) is 6.54 Å². The first-order valence-electron chi connectivity index (χ1n) is 3.64. The summed E-state index contributed by atoms with van der Waals surface area (Å²) in [4.78, 5) is 4.00. The molecule has 0 amide bonds. The van der Waals surface area contributed by atoms with Crippen LogP contribution in [0.4, 0.5) is 0 Å². The lowest BCUT2D eigenvalue weighted by atomic mass is 10.3. The summed E-state index contributed by atoms with van der Waals surface area (Å²) in [6.07, 6.45) is 5.48. The lowest BCUT2D eigenvalue weighted by molar-refractivity contribution is 0.757. The highest BCUT2D eigenvalue weighted by Gasteiger charge is 1.87. The first-order chi connectivity index (χ1) is 5.43. The Balaban J connectivity index is 0. The topological polar surface area (TPSA) is 24.9 Å². The van der Waals surface area contributed by atoms with Gasteiger partial charge in [-0.2, -0.15) is 0 Å². The number of nitrogens with one attached hydrogen (secondary N) is 1. The van der Waals surface area contributed by atoms with E-state index in [1.807, 2.05) is 24.4 Å². The molecule has 4 heteroatoms. The quantitative estimate of drug-likeness (QED) is 0.622. The number of rotatable bonds is 4. The predicted molar refractivity (Wildman–Crippen MR) is 60.6 cm³/mol. The van der Waals surface area contributed by atoms with E-state index in [-0.39, 0.29) is 24.8 Å². The predicted octanol–water partition coefficient (Wildman–Crippen LogP) is 2.20. The summed E-state index contributed by atoms with van der Waals surface area (Å²) in [6, 6.07) is 3.98. The largest absolute Gasteiger partial charge is 0.309 e. The lowest BCUT2D eigenvalue weighted by Crippen LogP contribution is -2.12. The van der Waals surface area contributed by atoms with Crippen LogP contribution in [0.3, 0.4) is 0 Å². The fraction of sp³-hybridized carbons (Fsp3) is 0.222. The fourth-order valence-corrected chi connectivity index (χ4v) is 0.821. The molecule has 0 bridgehead atoms. The molecule has 13 heavy (non-hydrogen) atoms. The maximum absolute atomic E-state index is 4.00. The average molecular weight is 221 g/mol. The van der Waals surface area contributed by atoms with Crippen LogP contribution in [0.5, 0.6) is 0 Å². The standard InChI is InChI=1S/C9H12N2.2ClH/c1-2-5-10-7-9-4-3-6-11-8-9;;/h2-4,6,8,10H,1,5,7H2;2*1H. The van der Waals surface area contributed by atoms with E-state index in [4.69, 9.17) is 0 Å². The van der Waals surface area contributed by atoms with E-state index in [2.05, 4.69) is 16.9 Å². The van der Waals surface area contributed by atoms with Gasteiger partial charge in [-0.3, -0.25) is 4.98 Å². The number of aromatic nitrogens is 1. The number of pyridine rings is 1. The number of hydrogen-bond donors (Lipinski definition) is 1. The second kappa shape index (κ2) is 9.52. The van der Waals surface area contributed by atoms with Gasteiger partial charge in [-0.15, -0.1) is 31.4 Å². The highest BCUT2D eigenvalue weighted by Crippen LogP contribution is 1.93. The van der Waals surface area contributed by atoms with Crippen molar-refractivity contribution in [3.8, 4) is 0 Å². The molecule has 0 unspecified atom stereocenters. The molecule has 0 aliphatic rings. The zero-order chi connectivity index (χ0) is 7.94. The summed E-state index contributed by atoms with van der Waals surface area (Å²) in [5.41, 5.74) is 1.20. The van der Waals surface area contributed by atoms with Crippen LogP contribution in [0.15, 0.2) is 37.2 Å². The molecule has 0 aromatic carbocycles. The van der Waals surface area contributed by atoms with Crippen LogP contribution >= 0.6 is 24.8 Å². The Morgan fingerprint density at radius 2 is 2.23 bits per heavy atom. The van der Waals surface area contributed by atoms with Crippen LogP contribution in [0, 0.1) is 0 Å². The van der Waals surface area contributed by atoms with Gasteiger partial charge in [0.1, 0.15) is 0 Å². The Labute approximate surface area is 91.3 Å². The third-order valence-electron chi connectivity index (χ3n) is 1.34. The minimum atomic E-state index is 0. The van der Waals surface area contributed by atoms with Gasteiger partial charge in [-0.1, -0.05) is 12.1 Å². The van der Waals surface area contributed by atoms with Crippen molar-refractivity contribution in [2.75, 3.05) is 6.54 Å². The molecule has 1 rings (SSSR count). The highest BCUT2D eigenvalue weighted by molar-refractivity contribution is 5.85. The van der Waals surface area contributed by atoms with Crippen molar-refractivity contribution < 1.29 is 0 Å². The lowest BCUT2D eigenvalue weighted by Gasteiger charge is -1.99. The van der Waals surface area contributed by atoms with Crippen molar-refractivity contribution in [3.05, 3.63) is 42.7 Å². The number of nitrogens with zero attached hydrogens (tertiary/aromatic N) is 1. The van der Waals surface area contributed by atoms with Gasteiger partial charge < -0.3 is 5.32 Å². The Hall–Kier alpha value is -0.570. The summed E-state index contributed by atoms with van der Waals surface area (Å²) in [7, 11) is 0. The smallest absolute Gasteiger partial charge is 0.0312 e. The van der Waals surface area contributed by atoms with Crippen LogP contribution in [0.1, 0.15) is 5.56 Å². The van der Waals surface area contributed by atoms with Crippen LogP contribution in [0.25, 0.3) is 0 Å². The second-order valence-corrected chi connectivity index (χ2v) is 2.28. The van der Waals surface area contributed by atoms with E-state index in [1.165, 1.54) is 5.56 Å². The summed E-state index contributed by atoms with van der Waals surface area (Å²) in [6.45, 7) is 5.32. The molecule has 1 aromatic rings. The second-order valence-electron chi connectivity index (χ2n) is 2.28. The monoisotopic (exact) mass is 220 g/mol. The van der Waals surface area contributed by atoms with E-state index in [1.54, 1.807) is 6.20 Å². The Morgan fingerprint density at radius 3 is 2.77 bits per heavy atom. The van der Waals surface area contributed by atoms with Gasteiger partial charge in [-0.05, 0) is 11.6 Å². The first kappa shape index (κ1) is 14.9. The molecule has 1 aromatic heterocycles. The zero-order valence-electron chi connectivity index (χ0n) is 7.27. The number of halogens is 2. The minimum Gasteiger partial charge on any atom is -0.309 e. The van der Waals surface area contributed by atoms with Crippen LogP contribution in [0.2, 0.25) is 0 Å². The summed E-state index contributed by atoms with van der Waals surface area (Å²) in [5.74, 6) is 0. The third kappa shape index (κ3) is 6.58. The van der Waals surface area contributed by atoms with Gasteiger partial charge in [0.15, 0.2) is 0 Å². The third-order valence-corrected chi connectivity index (χ3v) is 1.34. The van der Waals surface area contributed by atoms with Crippen molar-refractivity contribution in [3.63, 3.8) is 0 Å². The van der Waals surface area contributed by atoms with Gasteiger partial charge in [0.25, 0.3) is 0 Å². The molecule has 0 aliphatic heterocycles. The molecule has 0 aliphatic carbocycles. The van der Waals surface area contributed by atoms with Crippen LogP contribution in [-0.2, 0) is 6.54 Å². The summed E-state index contributed by atoms with van der Waals surface area (Å²) >= 11 is 0. The molecule has 74 valence electrons. The van der Waals surface area contributed by atoms with E-state index in [9.17, 15) is 0 Å². The van der Waals surface area contributed by atoms with Gasteiger partial charge >= 0.3 is 0 Å². The van der Waals surface area contributed by atoms with Gasteiger partial charge in [-0.25, -0.2) is 0 Å². The summed E-state index contributed by atoms with van der Waals surface area (Å²) in [5, 5.41) is 3.19. The van der Waals surface area contributed by atoms with Gasteiger partial charge in [0.05, 0.1) is 0 Å². The van der Waals surface area contributed by atoms with Crippen molar-refractivity contribution in [1.82, 2.24) is 10.3 Å². The minimum absolute atomic E-state index is 0. The Bertz CT molecular complexity index is 214. The maximum atomic E-state index is 4.00. The normalized spacial score (nSPS) is 8.00.